The zero-order chi connectivity index (χ0) is 23.5. The maximum absolute atomic E-state index is 4.40. The minimum Gasteiger partial charge on any atom is -0.380 e. The normalized spacial score (nSPS) is 22.0. The fraction of sp³-hybridized carbons (Fsp3) is 0.481. The molecule has 0 saturated carbocycles. The van der Waals surface area contributed by atoms with E-state index in [-0.39, 0.29) is 5.54 Å². The Labute approximate surface area is 208 Å². The van der Waals surface area contributed by atoms with E-state index < -0.39 is 0 Å². The van der Waals surface area contributed by atoms with Gasteiger partial charge in [0, 0.05) is 16.8 Å². The molecule has 2 unspecified atom stereocenters. The maximum atomic E-state index is 4.40. The molecular formula is C27H38N2S3. The molecule has 3 aliphatic carbocycles. The third-order valence-corrected chi connectivity index (χ3v) is 8.65. The molecular weight excluding hydrogens is 449 g/mol. The molecule has 2 aromatic rings. The molecule has 1 heterocycles. The first-order chi connectivity index (χ1) is 15.3. The Balaban J connectivity index is 0.000000169. The van der Waals surface area contributed by atoms with Gasteiger partial charge in [-0.05, 0) is 98.6 Å². The van der Waals surface area contributed by atoms with E-state index in [1.54, 1.807) is 45.5 Å². The SMILES string of the molecule is C=C.C=C(C)NC1(C)CCc2sc(S)cc21.CSNc1c2c(cc3c1CCC3C)CCC2. The van der Waals surface area contributed by atoms with Crippen molar-refractivity contribution < 1.29 is 0 Å². The van der Waals surface area contributed by atoms with Crippen LogP contribution in [0.5, 0.6) is 0 Å². The summed E-state index contributed by atoms with van der Waals surface area (Å²) >= 11 is 7.94. The van der Waals surface area contributed by atoms with Crippen LogP contribution in [0.3, 0.4) is 0 Å². The summed E-state index contributed by atoms with van der Waals surface area (Å²) in [6.45, 7) is 16.5. The molecule has 174 valence electrons. The summed E-state index contributed by atoms with van der Waals surface area (Å²) in [5.41, 5.74) is 10.5. The molecule has 0 aliphatic heterocycles. The number of nitrogens with one attached hydrogen (secondary N) is 2. The highest BCUT2D eigenvalue weighted by Gasteiger charge is 2.35. The summed E-state index contributed by atoms with van der Waals surface area (Å²) in [4.78, 5) is 1.48. The summed E-state index contributed by atoms with van der Waals surface area (Å²) in [7, 11) is 0. The Hall–Kier alpha value is -1.30. The predicted octanol–water partition coefficient (Wildman–Crippen LogP) is 8.04. The molecule has 1 aromatic heterocycles. The second-order valence-electron chi connectivity index (χ2n) is 9.22. The Morgan fingerprint density at radius 3 is 2.62 bits per heavy atom. The lowest BCUT2D eigenvalue weighted by atomic mass is 9.96. The number of rotatable bonds is 4. The predicted molar refractivity (Wildman–Crippen MR) is 149 cm³/mol. The summed E-state index contributed by atoms with van der Waals surface area (Å²) < 4.78 is 4.66. The first-order valence-electron chi connectivity index (χ1n) is 11.5. The summed E-state index contributed by atoms with van der Waals surface area (Å²) in [5.74, 6) is 0.767. The number of hydrogen-bond acceptors (Lipinski definition) is 5. The minimum absolute atomic E-state index is 0.0820. The van der Waals surface area contributed by atoms with Crippen LogP contribution in [-0.4, -0.2) is 6.26 Å². The number of benzene rings is 1. The Morgan fingerprint density at radius 1 is 1.19 bits per heavy atom. The van der Waals surface area contributed by atoms with Crippen molar-refractivity contribution in [2.75, 3.05) is 11.0 Å². The zero-order valence-electron chi connectivity index (χ0n) is 20.1. The second-order valence-corrected chi connectivity index (χ2v) is 11.7. The number of thiophene rings is 1. The fourth-order valence-electron chi connectivity index (χ4n) is 5.43. The van der Waals surface area contributed by atoms with Crippen LogP contribution in [0.25, 0.3) is 0 Å². The number of aryl methyl sites for hydroxylation is 2. The van der Waals surface area contributed by atoms with E-state index in [9.17, 15) is 0 Å². The van der Waals surface area contributed by atoms with Gasteiger partial charge in [-0.2, -0.15) is 0 Å². The lowest BCUT2D eigenvalue weighted by Crippen LogP contribution is -2.35. The van der Waals surface area contributed by atoms with Crippen LogP contribution in [0, 0.1) is 0 Å². The molecule has 2 nitrogen and oxygen atoms in total. The van der Waals surface area contributed by atoms with E-state index >= 15 is 0 Å². The molecule has 3 aliphatic rings. The summed E-state index contributed by atoms with van der Waals surface area (Å²) in [6, 6.07) is 4.69. The Bertz CT molecular complexity index is 978. The van der Waals surface area contributed by atoms with Crippen LogP contribution in [0.1, 0.15) is 78.6 Å². The quantitative estimate of drug-likeness (QED) is 0.231. The first kappa shape index (κ1) is 25.3. The minimum atomic E-state index is 0.0820. The standard InChI is InChI=1S/C14H19NS.C11H15NS2.C2H4/c1-9-6-7-12-13(9)8-10-4-3-5-11(10)14(12)15-16-2;1-7(2)12-11(3)5-4-9-8(11)6-10(13)14-9;1-2/h8-9,15H,3-7H2,1-2H3;6,12-13H,1,4-5H2,2-3H3;1-2H2. The summed E-state index contributed by atoms with van der Waals surface area (Å²) in [6.07, 6.45) is 11.0. The van der Waals surface area contributed by atoms with Gasteiger partial charge in [-0.1, -0.05) is 31.5 Å². The van der Waals surface area contributed by atoms with Gasteiger partial charge in [-0.3, -0.25) is 0 Å². The van der Waals surface area contributed by atoms with Gasteiger partial charge in [0.05, 0.1) is 15.4 Å². The maximum Gasteiger partial charge on any atom is 0.0608 e. The smallest absolute Gasteiger partial charge is 0.0608 e. The second kappa shape index (κ2) is 10.8. The molecule has 1 aromatic carbocycles. The average Bonchev–Trinajstić information content (AvgIpc) is 3.51. The van der Waals surface area contributed by atoms with Crippen LogP contribution < -0.4 is 10.0 Å². The number of hydrogen-bond donors (Lipinski definition) is 3. The van der Waals surface area contributed by atoms with Crippen LogP contribution in [-0.2, 0) is 31.2 Å². The van der Waals surface area contributed by atoms with Crippen molar-refractivity contribution in [1.82, 2.24) is 5.32 Å². The van der Waals surface area contributed by atoms with E-state index in [0.29, 0.717) is 0 Å². The average molecular weight is 487 g/mol. The topological polar surface area (TPSA) is 24.1 Å². The van der Waals surface area contributed by atoms with E-state index in [2.05, 4.69) is 74.6 Å². The fourth-order valence-corrected chi connectivity index (χ4v) is 7.37. The summed E-state index contributed by atoms with van der Waals surface area (Å²) in [5, 5.41) is 3.47. The zero-order valence-corrected chi connectivity index (χ0v) is 22.6. The van der Waals surface area contributed by atoms with Crippen molar-refractivity contribution >= 4 is 41.6 Å². The third-order valence-electron chi connectivity index (χ3n) is 6.84. The number of anilines is 1. The molecule has 0 radical (unpaired) electrons. The first-order valence-corrected chi connectivity index (χ1v) is 14.0. The molecule has 0 spiro atoms. The van der Waals surface area contributed by atoms with E-state index in [0.717, 1.165) is 28.7 Å². The largest absolute Gasteiger partial charge is 0.380 e. The van der Waals surface area contributed by atoms with Crippen molar-refractivity contribution in [1.29, 1.82) is 0 Å². The van der Waals surface area contributed by atoms with Gasteiger partial charge >= 0.3 is 0 Å². The van der Waals surface area contributed by atoms with Crippen LogP contribution in [0.15, 0.2) is 41.8 Å². The van der Waals surface area contributed by atoms with E-state index in [1.807, 2.05) is 6.92 Å². The van der Waals surface area contributed by atoms with Crippen LogP contribution >= 0.6 is 35.9 Å². The number of allylic oxidation sites excluding steroid dienone is 1. The molecule has 32 heavy (non-hydrogen) atoms. The highest BCUT2D eigenvalue weighted by atomic mass is 32.2. The molecule has 5 heteroatoms. The lowest BCUT2D eigenvalue weighted by Gasteiger charge is -2.27. The molecule has 0 amide bonds. The Morgan fingerprint density at radius 2 is 1.94 bits per heavy atom. The van der Waals surface area contributed by atoms with Gasteiger partial charge in [0.25, 0.3) is 0 Å². The van der Waals surface area contributed by atoms with Crippen molar-refractivity contribution in [3.05, 3.63) is 70.3 Å². The molecule has 0 fully saturated rings. The number of thiol groups is 1. The van der Waals surface area contributed by atoms with Gasteiger partial charge in [0.1, 0.15) is 0 Å². The molecule has 2 atom stereocenters. The van der Waals surface area contributed by atoms with Crippen molar-refractivity contribution in [3.63, 3.8) is 0 Å². The van der Waals surface area contributed by atoms with Gasteiger partial charge in [-0.25, -0.2) is 0 Å². The number of fused-ring (bicyclic) bond motifs is 3. The molecule has 5 rings (SSSR count). The third kappa shape index (κ3) is 5.10. The van der Waals surface area contributed by atoms with Crippen molar-refractivity contribution in [2.24, 2.45) is 0 Å². The van der Waals surface area contributed by atoms with Crippen LogP contribution in [0.4, 0.5) is 5.69 Å². The van der Waals surface area contributed by atoms with Crippen molar-refractivity contribution in [2.45, 2.75) is 81.4 Å². The van der Waals surface area contributed by atoms with E-state index in [1.165, 1.54) is 48.2 Å². The van der Waals surface area contributed by atoms with Gasteiger partial charge in [0.2, 0.25) is 0 Å². The lowest BCUT2D eigenvalue weighted by molar-refractivity contribution is 0.403. The van der Waals surface area contributed by atoms with Crippen molar-refractivity contribution in [3.8, 4) is 0 Å². The van der Waals surface area contributed by atoms with Crippen LogP contribution in [0.2, 0.25) is 0 Å². The van der Waals surface area contributed by atoms with Gasteiger partial charge in [-0.15, -0.1) is 37.1 Å². The highest BCUT2D eigenvalue weighted by Crippen LogP contribution is 2.44. The molecule has 0 saturated heterocycles. The Kier molecular flexibility index (Phi) is 8.51. The van der Waals surface area contributed by atoms with E-state index in [4.69, 9.17) is 0 Å². The highest BCUT2D eigenvalue weighted by molar-refractivity contribution is 7.99. The molecule has 0 bridgehead atoms. The van der Waals surface area contributed by atoms with Gasteiger partial charge in [0.15, 0.2) is 0 Å². The molecule has 2 N–H and O–H groups in total. The van der Waals surface area contributed by atoms with Gasteiger partial charge < -0.3 is 10.0 Å². The monoisotopic (exact) mass is 486 g/mol.